The van der Waals surface area contributed by atoms with Gasteiger partial charge < -0.3 is 4.85 Å². The van der Waals surface area contributed by atoms with Gasteiger partial charge in [0.2, 0.25) is 0 Å². The Morgan fingerprint density at radius 1 is 1.50 bits per heavy atom. The molecule has 16 heavy (non-hydrogen) atoms. The van der Waals surface area contributed by atoms with Gasteiger partial charge in [-0.2, -0.15) is 0 Å². The molecule has 2 heterocycles. The topological polar surface area (TPSA) is 34.5 Å². The van der Waals surface area contributed by atoms with Crippen LogP contribution in [0.3, 0.4) is 0 Å². The van der Waals surface area contributed by atoms with Gasteiger partial charge in [0.05, 0.1) is 5.69 Å². The highest BCUT2D eigenvalue weighted by atomic mass is 15.3. The number of rotatable bonds is 0. The van der Waals surface area contributed by atoms with Gasteiger partial charge in [-0.05, 0) is 23.5 Å². The van der Waals surface area contributed by atoms with Gasteiger partial charge in [0, 0.05) is 17.7 Å². The normalized spacial score (nSPS) is 17.3. The van der Waals surface area contributed by atoms with Crippen molar-refractivity contribution in [1.29, 1.82) is 0 Å². The van der Waals surface area contributed by atoms with Crippen LogP contribution in [0.2, 0.25) is 0 Å². The van der Waals surface area contributed by atoms with E-state index in [1.165, 1.54) is 11.3 Å². The summed E-state index contributed by atoms with van der Waals surface area (Å²) in [5.74, 6) is 0.420. The van der Waals surface area contributed by atoms with Crippen molar-refractivity contribution >= 4 is 11.5 Å². The molecule has 0 radical (unpaired) electrons. The lowest BCUT2D eigenvalue weighted by Crippen LogP contribution is -2.17. The van der Waals surface area contributed by atoms with Gasteiger partial charge in [-0.3, -0.25) is 0 Å². The summed E-state index contributed by atoms with van der Waals surface area (Å²) >= 11 is 0. The van der Waals surface area contributed by atoms with Gasteiger partial charge in [-0.15, -0.1) is 4.52 Å². The molecule has 0 unspecified atom stereocenters. The van der Waals surface area contributed by atoms with Crippen LogP contribution < -0.4 is 0 Å². The lowest BCUT2D eigenvalue weighted by atomic mass is 9.91. The minimum Gasteiger partial charge on any atom is -0.359 e. The first-order valence-electron chi connectivity index (χ1n) is 5.37. The summed E-state index contributed by atoms with van der Waals surface area (Å²) in [5.41, 5.74) is 3.38. The average Bonchev–Trinajstić information content (AvgIpc) is 2.78. The SMILES string of the molecule is [C-]#[N+]c1cc2ncc3c(n2n1)C(C)(C)CC3. The summed E-state index contributed by atoms with van der Waals surface area (Å²) in [6.45, 7) is 11.4. The third kappa shape index (κ3) is 1.09. The number of aromatic nitrogens is 3. The largest absolute Gasteiger partial charge is 0.359 e. The van der Waals surface area contributed by atoms with Crippen LogP contribution in [0, 0.1) is 6.57 Å². The Balaban J connectivity index is 2.40. The summed E-state index contributed by atoms with van der Waals surface area (Å²) in [5, 5.41) is 4.30. The second-order valence-corrected chi connectivity index (χ2v) is 4.90. The first-order chi connectivity index (χ1) is 7.62. The molecule has 0 N–H and O–H groups in total. The van der Waals surface area contributed by atoms with Gasteiger partial charge in [0.25, 0.3) is 5.82 Å². The Hall–Kier alpha value is -1.89. The van der Waals surface area contributed by atoms with E-state index in [2.05, 4.69) is 28.8 Å². The van der Waals surface area contributed by atoms with Crippen LogP contribution in [0.1, 0.15) is 31.5 Å². The predicted octanol–water partition coefficient (Wildman–Crippen LogP) is 2.50. The summed E-state index contributed by atoms with van der Waals surface area (Å²) in [4.78, 5) is 7.70. The zero-order valence-corrected chi connectivity index (χ0v) is 9.36. The lowest BCUT2D eigenvalue weighted by molar-refractivity contribution is 0.497. The Labute approximate surface area is 93.7 Å². The molecule has 0 saturated carbocycles. The van der Waals surface area contributed by atoms with Gasteiger partial charge in [0.15, 0.2) is 5.65 Å². The van der Waals surface area contributed by atoms with Crippen LogP contribution in [0.15, 0.2) is 12.3 Å². The van der Waals surface area contributed by atoms with Crippen molar-refractivity contribution in [2.45, 2.75) is 32.1 Å². The van der Waals surface area contributed by atoms with Crippen LogP contribution in [0.5, 0.6) is 0 Å². The molecule has 0 aromatic carbocycles. The van der Waals surface area contributed by atoms with E-state index in [0.29, 0.717) is 5.82 Å². The first kappa shape index (κ1) is 9.34. The van der Waals surface area contributed by atoms with Crippen molar-refractivity contribution in [1.82, 2.24) is 14.6 Å². The first-order valence-corrected chi connectivity index (χ1v) is 5.37. The molecule has 0 aliphatic heterocycles. The van der Waals surface area contributed by atoms with E-state index in [0.717, 1.165) is 18.5 Å². The highest BCUT2D eigenvalue weighted by Crippen LogP contribution is 2.38. The molecule has 80 valence electrons. The quantitative estimate of drug-likeness (QED) is 0.629. The summed E-state index contributed by atoms with van der Waals surface area (Å²) in [6, 6.07) is 1.74. The highest BCUT2D eigenvalue weighted by molar-refractivity contribution is 5.53. The van der Waals surface area contributed by atoms with Gasteiger partial charge in [-0.25, -0.2) is 4.98 Å². The third-order valence-corrected chi connectivity index (χ3v) is 3.32. The maximum Gasteiger partial charge on any atom is 0.298 e. The molecular formula is C12H12N4. The molecule has 4 heteroatoms. The fourth-order valence-electron chi connectivity index (χ4n) is 2.48. The van der Waals surface area contributed by atoms with E-state index in [1.807, 2.05) is 10.7 Å². The van der Waals surface area contributed by atoms with E-state index >= 15 is 0 Å². The van der Waals surface area contributed by atoms with E-state index in [1.54, 1.807) is 6.07 Å². The summed E-state index contributed by atoms with van der Waals surface area (Å²) in [6.07, 6.45) is 4.10. The minimum atomic E-state index is 0.127. The molecule has 0 saturated heterocycles. The molecule has 0 spiro atoms. The predicted molar refractivity (Wildman–Crippen MR) is 60.6 cm³/mol. The van der Waals surface area contributed by atoms with Gasteiger partial charge in [-0.1, -0.05) is 20.4 Å². The fourth-order valence-corrected chi connectivity index (χ4v) is 2.48. The minimum absolute atomic E-state index is 0.127. The zero-order chi connectivity index (χ0) is 11.3. The Kier molecular flexibility index (Phi) is 1.65. The van der Waals surface area contributed by atoms with E-state index in [4.69, 9.17) is 6.57 Å². The van der Waals surface area contributed by atoms with Crippen LogP contribution in [0.25, 0.3) is 10.5 Å². The van der Waals surface area contributed by atoms with Crippen LogP contribution in [-0.4, -0.2) is 14.6 Å². The molecule has 4 nitrogen and oxygen atoms in total. The van der Waals surface area contributed by atoms with Gasteiger partial charge in [0.1, 0.15) is 0 Å². The van der Waals surface area contributed by atoms with E-state index < -0.39 is 0 Å². The fraction of sp³-hybridized carbons (Fsp3) is 0.417. The van der Waals surface area contributed by atoms with E-state index in [9.17, 15) is 0 Å². The van der Waals surface area contributed by atoms with E-state index in [-0.39, 0.29) is 5.41 Å². The molecule has 2 aromatic rings. The highest BCUT2D eigenvalue weighted by Gasteiger charge is 2.34. The molecule has 3 rings (SSSR count). The van der Waals surface area contributed by atoms with Gasteiger partial charge >= 0.3 is 0 Å². The number of hydrogen-bond acceptors (Lipinski definition) is 2. The van der Waals surface area contributed by atoms with Crippen molar-refractivity contribution < 1.29 is 0 Å². The number of aryl methyl sites for hydroxylation is 1. The Morgan fingerprint density at radius 2 is 2.31 bits per heavy atom. The summed E-state index contributed by atoms with van der Waals surface area (Å²) < 4.78 is 1.84. The van der Waals surface area contributed by atoms with Crippen LogP contribution in [0.4, 0.5) is 5.82 Å². The van der Waals surface area contributed by atoms with Crippen LogP contribution in [-0.2, 0) is 11.8 Å². The molecule has 1 aliphatic rings. The second kappa shape index (κ2) is 2.82. The number of hydrogen-bond donors (Lipinski definition) is 0. The molecule has 0 bridgehead atoms. The molecule has 2 aromatic heterocycles. The summed E-state index contributed by atoms with van der Waals surface area (Å²) in [7, 11) is 0. The average molecular weight is 212 g/mol. The smallest absolute Gasteiger partial charge is 0.298 e. The molecule has 0 atom stereocenters. The number of fused-ring (bicyclic) bond motifs is 3. The third-order valence-electron chi connectivity index (χ3n) is 3.32. The number of nitrogens with zero attached hydrogens (tertiary/aromatic N) is 4. The van der Waals surface area contributed by atoms with Crippen molar-refractivity contribution in [2.75, 3.05) is 0 Å². The molecule has 1 aliphatic carbocycles. The molecule has 0 fully saturated rings. The molecule has 0 amide bonds. The second-order valence-electron chi connectivity index (χ2n) is 4.90. The van der Waals surface area contributed by atoms with Crippen molar-refractivity contribution in [3.63, 3.8) is 0 Å². The van der Waals surface area contributed by atoms with Crippen molar-refractivity contribution in [2.24, 2.45) is 0 Å². The standard InChI is InChI=1S/C12H12N4/c1-12(2)5-4-8-7-14-10-6-9(13-3)15-16(10)11(8)12/h6-7H,4-5H2,1-2H3. The Bertz CT molecular complexity index is 616. The lowest BCUT2D eigenvalue weighted by Gasteiger charge is -2.17. The molecular weight excluding hydrogens is 200 g/mol. The van der Waals surface area contributed by atoms with Crippen molar-refractivity contribution in [3.8, 4) is 0 Å². The monoisotopic (exact) mass is 212 g/mol. The maximum atomic E-state index is 6.99. The van der Waals surface area contributed by atoms with Crippen LogP contribution >= 0.6 is 0 Å². The Morgan fingerprint density at radius 3 is 3.06 bits per heavy atom. The maximum absolute atomic E-state index is 6.99. The van der Waals surface area contributed by atoms with Crippen molar-refractivity contribution in [3.05, 3.63) is 34.9 Å². The zero-order valence-electron chi connectivity index (χ0n) is 9.36.